The van der Waals surface area contributed by atoms with E-state index in [0.29, 0.717) is 22.1 Å². The number of halogens is 2. The van der Waals surface area contributed by atoms with Crippen LogP contribution in [0.5, 0.6) is 5.75 Å². The fraction of sp³-hybridized carbons (Fsp3) is 0.429. The van der Waals surface area contributed by atoms with Crippen molar-refractivity contribution in [1.29, 1.82) is 0 Å². The van der Waals surface area contributed by atoms with Gasteiger partial charge in [0.2, 0.25) is 0 Å². The number of fused-ring (bicyclic) bond motifs is 3. The van der Waals surface area contributed by atoms with Crippen LogP contribution in [0.3, 0.4) is 0 Å². The first-order chi connectivity index (χ1) is 12.2. The number of rotatable bonds is 4. The van der Waals surface area contributed by atoms with Gasteiger partial charge in [0, 0.05) is 33.6 Å². The summed E-state index contributed by atoms with van der Waals surface area (Å²) in [6, 6.07) is 10.3. The summed E-state index contributed by atoms with van der Waals surface area (Å²) in [6.07, 6.45) is 4.78. The third-order valence-electron chi connectivity index (χ3n) is 5.32. The molecule has 4 heteroatoms. The van der Waals surface area contributed by atoms with E-state index in [1.165, 1.54) is 29.5 Å². The predicted molar refractivity (Wildman–Crippen MR) is 105 cm³/mol. The van der Waals surface area contributed by atoms with Gasteiger partial charge in [-0.2, -0.15) is 0 Å². The standard InChI is InChI=1S/C21H23Cl2NO/c1-2-3-4-13-9-14(16-6-5-15(22)11-19(16)23)10-17-18-12-24-8-7-20(18)25-21(13)17/h5-6,9-11,18,20,24H,2-4,7-8,12H2,1H3/t18?,20-/m0/s1. The predicted octanol–water partition coefficient (Wildman–Crippen LogP) is 5.84. The molecule has 0 bridgehead atoms. The minimum absolute atomic E-state index is 0.313. The highest BCUT2D eigenvalue weighted by Gasteiger charge is 2.37. The Morgan fingerprint density at radius 1 is 1.20 bits per heavy atom. The van der Waals surface area contributed by atoms with Crippen molar-refractivity contribution in [2.45, 2.75) is 44.6 Å². The van der Waals surface area contributed by atoms with Crippen molar-refractivity contribution in [3.8, 4) is 16.9 Å². The van der Waals surface area contributed by atoms with Crippen molar-refractivity contribution in [3.05, 3.63) is 51.5 Å². The molecule has 1 fully saturated rings. The summed E-state index contributed by atoms with van der Waals surface area (Å²) in [5.74, 6) is 1.57. The van der Waals surface area contributed by atoms with Crippen LogP contribution >= 0.6 is 23.2 Å². The molecule has 0 spiro atoms. The van der Waals surface area contributed by atoms with E-state index in [1.54, 1.807) is 0 Å². The Balaban J connectivity index is 1.81. The fourth-order valence-corrected chi connectivity index (χ4v) is 4.52. The van der Waals surface area contributed by atoms with E-state index in [-0.39, 0.29) is 0 Å². The molecule has 132 valence electrons. The highest BCUT2D eigenvalue weighted by atomic mass is 35.5. The average Bonchev–Trinajstić information content (AvgIpc) is 2.98. The number of aryl methyl sites for hydroxylation is 1. The fourth-order valence-electron chi connectivity index (χ4n) is 4.00. The molecule has 2 nitrogen and oxygen atoms in total. The molecule has 0 radical (unpaired) electrons. The van der Waals surface area contributed by atoms with Gasteiger partial charge in [-0.3, -0.25) is 0 Å². The highest BCUT2D eigenvalue weighted by molar-refractivity contribution is 6.36. The molecule has 2 atom stereocenters. The third-order valence-corrected chi connectivity index (χ3v) is 5.87. The lowest BCUT2D eigenvalue weighted by Gasteiger charge is -2.25. The summed E-state index contributed by atoms with van der Waals surface area (Å²) in [5, 5.41) is 4.88. The van der Waals surface area contributed by atoms with E-state index < -0.39 is 0 Å². The van der Waals surface area contributed by atoms with Gasteiger partial charge in [-0.1, -0.05) is 42.6 Å². The molecular weight excluding hydrogens is 353 g/mol. The number of ether oxygens (including phenoxy) is 1. The summed E-state index contributed by atoms with van der Waals surface area (Å²) >= 11 is 12.6. The Hall–Kier alpha value is -1.22. The van der Waals surface area contributed by atoms with Crippen LogP contribution in [0.4, 0.5) is 0 Å². The van der Waals surface area contributed by atoms with Gasteiger partial charge in [-0.05, 0) is 61.2 Å². The Kier molecular flexibility index (Phi) is 4.95. The van der Waals surface area contributed by atoms with E-state index in [1.807, 2.05) is 18.2 Å². The van der Waals surface area contributed by atoms with Crippen LogP contribution < -0.4 is 10.1 Å². The number of nitrogens with one attached hydrogen (secondary N) is 1. The normalized spacial score (nSPS) is 21.6. The lowest BCUT2D eigenvalue weighted by molar-refractivity contribution is 0.171. The smallest absolute Gasteiger partial charge is 0.126 e. The average molecular weight is 376 g/mol. The molecule has 2 aromatic rings. The van der Waals surface area contributed by atoms with Gasteiger partial charge < -0.3 is 10.1 Å². The Labute approximate surface area is 159 Å². The van der Waals surface area contributed by atoms with Crippen molar-refractivity contribution in [1.82, 2.24) is 5.32 Å². The zero-order valence-electron chi connectivity index (χ0n) is 14.4. The maximum atomic E-state index is 6.48. The van der Waals surface area contributed by atoms with Crippen molar-refractivity contribution < 1.29 is 4.74 Å². The molecule has 0 aliphatic carbocycles. The summed E-state index contributed by atoms with van der Waals surface area (Å²) in [6.45, 7) is 4.25. The summed E-state index contributed by atoms with van der Waals surface area (Å²) in [7, 11) is 0. The molecule has 1 N–H and O–H groups in total. The number of benzene rings is 2. The number of piperidine rings is 1. The van der Waals surface area contributed by atoms with Crippen LogP contribution in [-0.2, 0) is 6.42 Å². The molecular formula is C21H23Cl2NO. The second-order valence-corrected chi connectivity index (χ2v) is 7.88. The molecule has 0 amide bonds. The molecule has 2 aliphatic rings. The monoisotopic (exact) mass is 375 g/mol. The SMILES string of the molecule is CCCCc1cc(-c2ccc(Cl)cc2Cl)cc2c1O[C@H]1CCNCC21. The Morgan fingerprint density at radius 3 is 2.88 bits per heavy atom. The van der Waals surface area contributed by atoms with Gasteiger partial charge >= 0.3 is 0 Å². The van der Waals surface area contributed by atoms with E-state index in [0.717, 1.165) is 37.2 Å². The number of unbranched alkanes of at least 4 members (excludes halogenated alkanes) is 1. The van der Waals surface area contributed by atoms with Crippen LogP contribution in [0.1, 0.15) is 43.2 Å². The van der Waals surface area contributed by atoms with Gasteiger partial charge in [0.05, 0.1) is 0 Å². The molecule has 0 aromatic heterocycles. The summed E-state index contributed by atoms with van der Waals surface area (Å²) in [5.41, 5.74) is 4.86. The maximum absolute atomic E-state index is 6.48. The van der Waals surface area contributed by atoms with Gasteiger partial charge in [0.25, 0.3) is 0 Å². The second-order valence-electron chi connectivity index (χ2n) is 7.04. The van der Waals surface area contributed by atoms with Crippen molar-refractivity contribution in [2.24, 2.45) is 0 Å². The molecule has 1 saturated heterocycles. The van der Waals surface area contributed by atoms with Crippen molar-refractivity contribution >= 4 is 23.2 Å². The second kappa shape index (κ2) is 7.19. The zero-order chi connectivity index (χ0) is 17.4. The van der Waals surface area contributed by atoms with Crippen LogP contribution in [-0.4, -0.2) is 19.2 Å². The number of hydrogen-bond donors (Lipinski definition) is 1. The van der Waals surface area contributed by atoms with Gasteiger partial charge in [0.15, 0.2) is 0 Å². The summed E-state index contributed by atoms with van der Waals surface area (Å²) < 4.78 is 6.39. The molecule has 2 aliphatic heterocycles. The maximum Gasteiger partial charge on any atom is 0.126 e. The Morgan fingerprint density at radius 2 is 2.08 bits per heavy atom. The molecule has 2 aromatic carbocycles. The van der Waals surface area contributed by atoms with Crippen LogP contribution in [0.25, 0.3) is 11.1 Å². The van der Waals surface area contributed by atoms with Gasteiger partial charge in [0.1, 0.15) is 11.9 Å². The zero-order valence-corrected chi connectivity index (χ0v) is 16.0. The third kappa shape index (κ3) is 3.28. The van der Waals surface area contributed by atoms with Gasteiger partial charge in [-0.15, -0.1) is 0 Å². The van der Waals surface area contributed by atoms with E-state index in [2.05, 4.69) is 24.4 Å². The molecule has 4 rings (SSSR count). The minimum atomic E-state index is 0.313. The van der Waals surface area contributed by atoms with Crippen LogP contribution in [0, 0.1) is 0 Å². The first kappa shape index (κ1) is 17.2. The van der Waals surface area contributed by atoms with Crippen molar-refractivity contribution in [2.75, 3.05) is 13.1 Å². The molecule has 1 unspecified atom stereocenters. The lowest BCUT2D eigenvalue weighted by Crippen LogP contribution is -2.37. The van der Waals surface area contributed by atoms with Gasteiger partial charge in [-0.25, -0.2) is 0 Å². The topological polar surface area (TPSA) is 21.3 Å². The van der Waals surface area contributed by atoms with E-state index >= 15 is 0 Å². The van der Waals surface area contributed by atoms with Crippen molar-refractivity contribution in [3.63, 3.8) is 0 Å². The molecule has 2 heterocycles. The van der Waals surface area contributed by atoms with Crippen LogP contribution in [0.15, 0.2) is 30.3 Å². The van der Waals surface area contributed by atoms with E-state index in [9.17, 15) is 0 Å². The lowest BCUT2D eigenvalue weighted by atomic mass is 9.87. The molecule has 25 heavy (non-hydrogen) atoms. The first-order valence-electron chi connectivity index (χ1n) is 9.17. The Bertz CT molecular complexity index is 790. The molecule has 0 saturated carbocycles. The largest absolute Gasteiger partial charge is 0.489 e. The summed E-state index contributed by atoms with van der Waals surface area (Å²) in [4.78, 5) is 0. The highest BCUT2D eigenvalue weighted by Crippen LogP contribution is 2.46. The van der Waals surface area contributed by atoms with E-state index in [4.69, 9.17) is 27.9 Å². The first-order valence-corrected chi connectivity index (χ1v) is 9.92. The number of hydrogen-bond acceptors (Lipinski definition) is 2. The van der Waals surface area contributed by atoms with Crippen LogP contribution in [0.2, 0.25) is 10.0 Å². The quantitative estimate of drug-likeness (QED) is 0.724. The minimum Gasteiger partial charge on any atom is -0.489 e.